The van der Waals surface area contributed by atoms with Gasteiger partial charge in [-0.05, 0) is 61.0 Å². The zero-order valence-electron chi connectivity index (χ0n) is 16.8. The van der Waals surface area contributed by atoms with Gasteiger partial charge in [0.15, 0.2) is 0 Å². The van der Waals surface area contributed by atoms with Crippen LogP contribution in [0.15, 0.2) is 65.6 Å². The van der Waals surface area contributed by atoms with Gasteiger partial charge in [-0.3, -0.25) is 4.79 Å². The smallest absolute Gasteiger partial charge is 0.243 e. The van der Waals surface area contributed by atoms with Crippen molar-refractivity contribution in [3.05, 3.63) is 93.5 Å². The second-order valence-electron chi connectivity index (χ2n) is 6.93. The van der Waals surface area contributed by atoms with E-state index in [0.29, 0.717) is 10.6 Å². The Bertz CT molecular complexity index is 1230. The number of benzene rings is 3. The maximum absolute atomic E-state index is 14.4. The summed E-state index contributed by atoms with van der Waals surface area (Å²) in [6.07, 6.45) is 0. The molecule has 0 bridgehead atoms. The first-order chi connectivity index (χ1) is 15.1. The van der Waals surface area contributed by atoms with Gasteiger partial charge in [0.2, 0.25) is 15.9 Å². The Morgan fingerprint density at radius 1 is 1.03 bits per heavy atom. The van der Waals surface area contributed by atoms with E-state index in [1.165, 1.54) is 48.5 Å². The fourth-order valence-electron chi connectivity index (χ4n) is 2.92. The quantitative estimate of drug-likeness (QED) is 0.473. The van der Waals surface area contributed by atoms with Crippen molar-refractivity contribution in [2.75, 3.05) is 11.9 Å². The number of sulfonamides is 1. The molecule has 0 radical (unpaired) electrons. The van der Waals surface area contributed by atoms with Gasteiger partial charge in [0.1, 0.15) is 11.6 Å². The molecule has 0 spiro atoms. The molecular weight excluding hydrogens is 481 g/mol. The van der Waals surface area contributed by atoms with Gasteiger partial charge in [-0.2, -0.15) is 4.31 Å². The first kappa shape index (κ1) is 24.1. The van der Waals surface area contributed by atoms with E-state index in [9.17, 15) is 22.0 Å². The molecule has 0 atom stereocenters. The molecule has 10 heteroatoms. The lowest BCUT2D eigenvalue weighted by Crippen LogP contribution is -2.38. The summed E-state index contributed by atoms with van der Waals surface area (Å²) in [6.45, 7) is 0.508. The van der Waals surface area contributed by atoms with E-state index in [0.717, 1.165) is 16.4 Å². The molecule has 32 heavy (non-hydrogen) atoms. The van der Waals surface area contributed by atoms with E-state index in [1.807, 2.05) is 0 Å². The number of aryl methyl sites for hydroxylation is 1. The van der Waals surface area contributed by atoms with Crippen LogP contribution in [-0.2, 0) is 21.4 Å². The van der Waals surface area contributed by atoms with Gasteiger partial charge in [-0.25, -0.2) is 17.2 Å². The van der Waals surface area contributed by atoms with E-state index >= 15 is 0 Å². The van der Waals surface area contributed by atoms with E-state index in [2.05, 4.69) is 5.32 Å². The molecule has 3 aromatic carbocycles. The van der Waals surface area contributed by atoms with Crippen LogP contribution in [-0.4, -0.2) is 25.2 Å². The van der Waals surface area contributed by atoms with Gasteiger partial charge in [-0.1, -0.05) is 35.3 Å². The number of amides is 1. The molecule has 3 aromatic rings. The molecule has 0 aliphatic rings. The predicted molar refractivity (Wildman–Crippen MR) is 120 cm³/mol. The van der Waals surface area contributed by atoms with Crippen LogP contribution >= 0.6 is 23.2 Å². The van der Waals surface area contributed by atoms with Crippen LogP contribution in [0.1, 0.15) is 11.1 Å². The average molecular weight is 499 g/mol. The Morgan fingerprint density at radius 2 is 1.72 bits per heavy atom. The normalized spacial score (nSPS) is 11.6. The molecule has 0 saturated carbocycles. The van der Waals surface area contributed by atoms with Crippen LogP contribution in [0.5, 0.6) is 0 Å². The number of hydrogen-bond donors (Lipinski definition) is 1. The third-order valence-corrected chi connectivity index (χ3v) is 7.05. The van der Waals surface area contributed by atoms with Gasteiger partial charge < -0.3 is 5.32 Å². The summed E-state index contributed by atoms with van der Waals surface area (Å²) in [5.41, 5.74) is 0.702. The average Bonchev–Trinajstić information content (AvgIpc) is 2.73. The molecule has 168 valence electrons. The van der Waals surface area contributed by atoms with Crippen LogP contribution in [0.25, 0.3) is 0 Å². The second kappa shape index (κ2) is 9.95. The topological polar surface area (TPSA) is 66.5 Å². The van der Waals surface area contributed by atoms with Gasteiger partial charge in [0.05, 0.1) is 11.4 Å². The monoisotopic (exact) mass is 498 g/mol. The van der Waals surface area contributed by atoms with Crippen LogP contribution in [0, 0.1) is 18.6 Å². The van der Waals surface area contributed by atoms with Gasteiger partial charge in [0, 0.05) is 27.8 Å². The Morgan fingerprint density at radius 3 is 2.38 bits per heavy atom. The minimum atomic E-state index is -4.24. The summed E-state index contributed by atoms with van der Waals surface area (Å²) in [4.78, 5) is 12.6. The van der Waals surface area contributed by atoms with Crippen molar-refractivity contribution in [2.45, 2.75) is 18.4 Å². The van der Waals surface area contributed by atoms with E-state index < -0.39 is 40.7 Å². The first-order valence-electron chi connectivity index (χ1n) is 9.32. The Balaban J connectivity index is 1.95. The van der Waals surface area contributed by atoms with Crippen molar-refractivity contribution in [2.24, 2.45) is 0 Å². The van der Waals surface area contributed by atoms with Crippen LogP contribution in [0.2, 0.25) is 10.0 Å². The summed E-state index contributed by atoms with van der Waals surface area (Å²) >= 11 is 11.9. The summed E-state index contributed by atoms with van der Waals surface area (Å²) in [5, 5.41) is 2.84. The fraction of sp³-hybridized carbons (Fsp3) is 0.136. The Hall–Kier alpha value is -2.52. The number of hydrogen-bond acceptors (Lipinski definition) is 3. The minimum absolute atomic E-state index is 0.0164. The molecule has 0 unspecified atom stereocenters. The summed E-state index contributed by atoms with van der Waals surface area (Å²) in [5.74, 6) is -2.01. The molecule has 0 fully saturated rings. The number of carbonyl (C=O) groups excluding carboxylic acids is 1. The van der Waals surface area contributed by atoms with Crippen molar-refractivity contribution in [1.29, 1.82) is 0 Å². The maximum atomic E-state index is 14.4. The fourth-order valence-corrected chi connectivity index (χ4v) is 4.63. The van der Waals surface area contributed by atoms with Crippen molar-refractivity contribution in [1.82, 2.24) is 4.31 Å². The molecule has 0 saturated heterocycles. The molecule has 5 nitrogen and oxygen atoms in total. The van der Waals surface area contributed by atoms with Crippen molar-refractivity contribution >= 4 is 44.8 Å². The summed E-state index contributed by atoms with van der Waals surface area (Å²) in [6, 6.07) is 13.1. The molecule has 0 heterocycles. The van der Waals surface area contributed by atoms with Crippen LogP contribution in [0.4, 0.5) is 14.5 Å². The molecular formula is C22H18Cl2F2N2O3S. The molecule has 0 aliphatic carbocycles. The van der Waals surface area contributed by atoms with Crippen molar-refractivity contribution in [3.8, 4) is 0 Å². The summed E-state index contributed by atoms with van der Waals surface area (Å²) < 4.78 is 55.2. The van der Waals surface area contributed by atoms with E-state index in [-0.39, 0.29) is 21.2 Å². The third kappa shape index (κ3) is 5.63. The first-order valence-corrected chi connectivity index (χ1v) is 11.5. The highest BCUT2D eigenvalue weighted by molar-refractivity contribution is 7.89. The SMILES string of the molecule is Cc1ccc(F)cc1NC(=O)CN(Cc1c(F)cccc1Cl)S(=O)(=O)c1ccc(Cl)cc1. The largest absolute Gasteiger partial charge is 0.325 e. The van der Waals surface area contributed by atoms with Crippen LogP contribution < -0.4 is 5.32 Å². The number of halogens is 4. The highest BCUT2D eigenvalue weighted by atomic mass is 35.5. The third-order valence-electron chi connectivity index (χ3n) is 4.64. The Kier molecular flexibility index (Phi) is 7.51. The van der Waals surface area contributed by atoms with Gasteiger partial charge >= 0.3 is 0 Å². The molecule has 3 rings (SSSR count). The number of rotatable bonds is 7. The molecule has 0 aromatic heterocycles. The maximum Gasteiger partial charge on any atom is 0.243 e. The predicted octanol–water partition coefficient (Wildman–Crippen LogP) is 5.41. The Labute approximate surface area is 194 Å². The number of carbonyl (C=O) groups is 1. The lowest BCUT2D eigenvalue weighted by atomic mass is 10.2. The minimum Gasteiger partial charge on any atom is -0.325 e. The zero-order chi connectivity index (χ0) is 23.5. The van der Waals surface area contributed by atoms with Crippen molar-refractivity contribution < 1.29 is 22.0 Å². The van der Waals surface area contributed by atoms with E-state index in [1.54, 1.807) is 6.92 Å². The standard InChI is InChI=1S/C22H18Cl2F2N2O3S/c1-14-5-8-16(25)11-21(14)27-22(29)13-28(12-18-19(24)3-2-4-20(18)26)32(30,31)17-9-6-15(23)7-10-17/h2-11H,12-13H2,1H3,(H,27,29). The highest BCUT2D eigenvalue weighted by Crippen LogP contribution is 2.26. The van der Waals surface area contributed by atoms with Gasteiger partial charge in [-0.15, -0.1) is 0 Å². The van der Waals surface area contributed by atoms with Crippen LogP contribution in [0.3, 0.4) is 0 Å². The van der Waals surface area contributed by atoms with Crippen molar-refractivity contribution in [3.63, 3.8) is 0 Å². The van der Waals surface area contributed by atoms with Gasteiger partial charge in [0.25, 0.3) is 0 Å². The molecule has 1 N–H and O–H groups in total. The number of anilines is 1. The zero-order valence-corrected chi connectivity index (χ0v) is 19.1. The number of nitrogens with zero attached hydrogens (tertiary/aromatic N) is 1. The molecule has 1 amide bonds. The second-order valence-corrected chi connectivity index (χ2v) is 9.72. The van der Waals surface area contributed by atoms with E-state index in [4.69, 9.17) is 23.2 Å². The lowest BCUT2D eigenvalue weighted by molar-refractivity contribution is -0.116. The molecule has 0 aliphatic heterocycles. The lowest BCUT2D eigenvalue weighted by Gasteiger charge is -2.23. The highest BCUT2D eigenvalue weighted by Gasteiger charge is 2.29. The summed E-state index contributed by atoms with van der Waals surface area (Å²) in [7, 11) is -4.24. The number of nitrogens with one attached hydrogen (secondary N) is 1.